The normalized spacial score (nSPS) is 9.78. The SMILES string of the molecule is CCOC(=O)c1c(NC(=O)CNCCCN(CC)CC)sc(C)c1C.O=C(O)C(=O)O.O=C(O)C(=O)O. The van der Waals surface area contributed by atoms with Crippen molar-refractivity contribution in [2.75, 3.05) is 44.6 Å². The Morgan fingerprint density at radius 1 is 0.865 bits per heavy atom. The van der Waals surface area contributed by atoms with E-state index in [2.05, 4.69) is 29.4 Å². The zero-order valence-corrected chi connectivity index (χ0v) is 22.3. The predicted molar refractivity (Wildman–Crippen MR) is 134 cm³/mol. The van der Waals surface area contributed by atoms with Crippen LogP contribution in [0.25, 0.3) is 0 Å². The van der Waals surface area contributed by atoms with Gasteiger partial charge in [0.2, 0.25) is 5.91 Å². The maximum Gasteiger partial charge on any atom is 0.414 e. The van der Waals surface area contributed by atoms with Gasteiger partial charge in [0.25, 0.3) is 0 Å². The second-order valence-electron chi connectivity index (χ2n) is 7.03. The number of carbonyl (C=O) groups is 6. The lowest BCUT2D eigenvalue weighted by Crippen LogP contribution is -2.31. The number of anilines is 1. The minimum absolute atomic E-state index is 0.144. The van der Waals surface area contributed by atoms with Gasteiger partial charge < -0.3 is 40.7 Å². The number of hydrogen-bond donors (Lipinski definition) is 6. The molecule has 0 unspecified atom stereocenters. The molecule has 1 aromatic heterocycles. The smallest absolute Gasteiger partial charge is 0.414 e. The lowest BCUT2D eigenvalue weighted by atomic mass is 10.1. The first kappa shape index (κ1) is 35.6. The molecular weight excluding hydrogens is 514 g/mol. The zero-order chi connectivity index (χ0) is 29.1. The van der Waals surface area contributed by atoms with Crippen molar-refractivity contribution in [3.63, 3.8) is 0 Å². The van der Waals surface area contributed by atoms with Gasteiger partial charge in [0.15, 0.2) is 0 Å². The number of carboxylic acid groups (broad SMARTS) is 4. The van der Waals surface area contributed by atoms with E-state index in [0.717, 1.165) is 43.0 Å². The Bertz CT molecular complexity index is 879. The summed E-state index contributed by atoms with van der Waals surface area (Å²) in [6, 6.07) is 0. The van der Waals surface area contributed by atoms with Crippen LogP contribution in [-0.2, 0) is 28.7 Å². The Morgan fingerprint density at radius 3 is 1.76 bits per heavy atom. The predicted octanol–water partition coefficient (Wildman–Crippen LogP) is 1.11. The monoisotopic (exact) mass is 549 g/mol. The van der Waals surface area contributed by atoms with E-state index in [4.69, 9.17) is 44.3 Å². The summed E-state index contributed by atoms with van der Waals surface area (Å²) < 4.78 is 5.10. The number of rotatable bonds is 11. The van der Waals surface area contributed by atoms with Crippen LogP contribution in [0.5, 0.6) is 0 Å². The number of carboxylic acids is 4. The van der Waals surface area contributed by atoms with Gasteiger partial charge in [-0.1, -0.05) is 13.8 Å². The van der Waals surface area contributed by atoms with Crippen LogP contribution in [0.1, 0.15) is 48.0 Å². The molecule has 0 spiro atoms. The summed E-state index contributed by atoms with van der Waals surface area (Å²) in [5, 5.41) is 36.1. The Morgan fingerprint density at radius 2 is 1.35 bits per heavy atom. The highest BCUT2D eigenvalue weighted by Crippen LogP contribution is 2.32. The molecule has 1 rings (SSSR count). The quantitative estimate of drug-likeness (QED) is 0.130. The number of nitrogens with zero attached hydrogens (tertiary/aromatic N) is 1. The van der Waals surface area contributed by atoms with Crippen molar-refractivity contribution in [1.82, 2.24) is 10.2 Å². The standard InChI is InChI=1S/C18H31N3O3S.2C2H2O4/c1-6-21(7-2)11-9-10-19-12-15(22)20-17-16(18(23)24-8-3)13(4)14(5)25-17;2*3-1(4)2(5)6/h19H,6-12H2,1-5H3,(H,20,22);2*(H,3,4)(H,5,6). The number of esters is 1. The molecule has 1 amide bonds. The molecule has 210 valence electrons. The molecule has 6 N–H and O–H groups in total. The third-order valence-corrected chi connectivity index (χ3v) is 5.61. The minimum atomic E-state index is -1.82. The molecule has 0 aliphatic rings. The fourth-order valence-corrected chi connectivity index (χ4v) is 3.57. The van der Waals surface area contributed by atoms with Crippen LogP contribution in [0.15, 0.2) is 0 Å². The van der Waals surface area contributed by atoms with Gasteiger partial charge in [-0.25, -0.2) is 24.0 Å². The molecule has 15 heteroatoms. The average Bonchev–Trinajstić information content (AvgIpc) is 3.09. The molecule has 0 aliphatic heterocycles. The average molecular weight is 550 g/mol. The fraction of sp³-hybridized carbons (Fsp3) is 0.545. The van der Waals surface area contributed by atoms with Gasteiger partial charge in [0.05, 0.1) is 18.7 Å². The molecule has 0 radical (unpaired) electrons. The van der Waals surface area contributed by atoms with E-state index < -0.39 is 23.9 Å². The molecule has 0 fully saturated rings. The molecule has 14 nitrogen and oxygen atoms in total. The van der Waals surface area contributed by atoms with Crippen molar-refractivity contribution < 1.29 is 53.9 Å². The summed E-state index contributed by atoms with van der Waals surface area (Å²) >= 11 is 1.41. The number of hydrogen-bond acceptors (Lipinski definition) is 10. The summed E-state index contributed by atoms with van der Waals surface area (Å²) in [4.78, 5) is 64.0. The van der Waals surface area contributed by atoms with Gasteiger partial charge in [-0.2, -0.15) is 0 Å². The van der Waals surface area contributed by atoms with Crippen molar-refractivity contribution in [3.8, 4) is 0 Å². The topological polar surface area (TPSA) is 220 Å². The van der Waals surface area contributed by atoms with E-state index in [9.17, 15) is 9.59 Å². The van der Waals surface area contributed by atoms with Crippen LogP contribution in [-0.4, -0.2) is 100 Å². The number of amides is 1. The highest BCUT2D eigenvalue weighted by atomic mass is 32.1. The van der Waals surface area contributed by atoms with Crippen LogP contribution in [0.3, 0.4) is 0 Å². The van der Waals surface area contributed by atoms with Crippen molar-refractivity contribution in [2.24, 2.45) is 0 Å². The second kappa shape index (κ2) is 19.6. The summed E-state index contributed by atoms with van der Waals surface area (Å²) in [6.07, 6.45) is 1.00. The van der Waals surface area contributed by atoms with Crippen molar-refractivity contribution in [2.45, 2.75) is 41.0 Å². The molecule has 37 heavy (non-hydrogen) atoms. The van der Waals surface area contributed by atoms with E-state index in [1.54, 1.807) is 6.92 Å². The Kier molecular flexibility index (Phi) is 18.9. The maximum absolute atomic E-state index is 12.1. The molecule has 0 saturated heterocycles. The van der Waals surface area contributed by atoms with Crippen LogP contribution < -0.4 is 10.6 Å². The Balaban J connectivity index is 0. The lowest BCUT2D eigenvalue weighted by molar-refractivity contribution is -0.159. The molecule has 0 saturated carbocycles. The van der Waals surface area contributed by atoms with Gasteiger partial charge in [0, 0.05) is 4.88 Å². The molecule has 1 aromatic rings. The molecule has 1 heterocycles. The summed E-state index contributed by atoms with van der Waals surface area (Å²) in [5.74, 6) is -7.82. The third-order valence-electron chi connectivity index (χ3n) is 4.49. The molecular formula is C22H35N3O11S. The van der Waals surface area contributed by atoms with Crippen LogP contribution in [0.2, 0.25) is 0 Å². The molecule has 0 atom stereocenters. The van der Waals surface area contributed by atoms with Crippen LogP contribution >= 0.6 is 11.3 Å². The highest BCUT2D eigenvalue weighted by molar-refractivity contribution is 7.16. The fourth-order valence-electron chi connectivity index (χ4n) is 2.50. The lowest BCUT2D eigenvalue weighted by Gasteiger charge is -2.17. The third kappa shape index (κ3) is 15.9. The van der Waals surface area contributed by atoms with E-state index in [1.807, 2.05) is 13.8 Å². The van der Waals surface area contributed by atoms with Crippen LogP contribution in [0, 0.1) is 13.8 Å². The number of aryl methyl sites for hydroxylation is 1. The largest absolute Gasteiger partial charge is 0.473 e. The summed E-state index contributed by atoms with van der Waals surface area (Å²) in [5.41, 5.74) is 1.34. The first-order valence-electron chi connectivity index (χ1n) is 11.2. The number of aliphatic carboxylic acids is 4. The van der Waals surface area contributed by atoms with Crippen molar-refractivity contribution in [3.05, 3.63) is 16.0 Å². The first-order valence-corrected chi connectivity index (χ1v) is 12.0. The van der Waals surface area contributed by atoms with Gasteiger partial charge in [-0.05, 0) is 58.9 Å². The minimum Gasteiger partial charge on any atom is -0.473 e. The van der Waals surface area contributed by atoms with Gasteiger partial charge in [-0.15, -0.1) is 11.3 Å². The number of ether oxygens (including phenoxy) is 1. The van der Waals surface area contributed by atoms with Crippen molar-refractivity contribution in [1.29, 1.82) is 0 Å². The first-order chi connectivity index (χ1) is 17.2. The number of nitrogens with one attached hydrogen (secondary N) is 2. The maximum atomic E-state index is 12.1. The van der Waals surface area contributed by atoms with Crippen LogP contribution in [0.4, 0.5) is 5.00 Å². The summed E-state index contributed by atoms with van der Waals surface area (Å²) in [6.45, 7) is 14.3. The van der Waals surface area contributed by atoms with Gasteiger partial charge in [-0.3, -0.25) is 4.79 Å². The number of thiophene rings is 1. The Hall–Kier alpha value is -3.56. The number of carbonyl (C=O) groups excluding carboxylic acids is 2. The van der Waals surface area contributed by atoms with E-state index in [1.165, 1.54) is 11.3 Å². The van der Waals surface area contributed by atoms with E-state index in [0.29, 0.717) is 17.2 Å². The van der Waals surface area contributed by atoms with E-state index in [-0.39, 0.29) is 18.4 Å². The van der Waals surface area contributed by atoms with Gasteiger partial charge >= 0.3 is 29.8 Å². The molecule has 0 aromatic carbocycles. The second-order valence-corrected chi connectivity index (χ2v) is 8.26. The van der Waals surface area contributed by atoms with Gasteiger partial charge in [0.1, 0.15) is 5.00 Å². The molecule has 0 bridgehead atoms. The van der Waals surface area contributed by atoms with E-state index >= 15 is 0 Å². The zero-order valence-electron chi connectivity index (χ0n) is 21.5. The summed E-state index contributed by atoms with van der Waals surface area (Å²) in [7, 11) is 0. The van der Waals surface area contributed by atoms with Crippen molar-refractivity contribution >= 4 is 52.1 Å². The highest BCUT2D eigenvalue weighted by Gasteiger charge is 2.21. The molecule has 0 aliphatic carbocycles. The Labute approximate surface area is 218 Å².